The van der Waals surface area contributed by atoms with Crippen LogP contribution in [0.2, 0.25) is 0 Å². The Morgan fingerprint density at radius 3 is 2.79 bits per heavy atom. The van der Waals surface area contributed by atoms with Crippen LogP contribution in [0.25, 0.3) is 0 Å². The molecular formula is C12H10BrFN2O2S. The van der Waals surface area contributed by atoms with Gasteiger partial charge in [0.15, 0.2) is 0 Å². The molecule has 2 aromatic rings. The summed E-state index contributed by atoms with van der Waals surface area (Å²) in [7, 11) is 0. The lowest BCUT2D eigenvalue weighted by atomic mass is 10.1. The summed E-state index contributed by atoms with van der Waals surface area (Å²) in [5.41, 5.74) is 5.85. The standard InChI is InChI=1S/C12H10BrFN2O2S/c13-6-1-7(19-5-6)4-16-11-3-9(14)8(12(17)18)2-10(11)15/h1-3,5,16H,4,15H2,(H,17,18). The van der Waals surface area contributed by atoms with Crippen LogP contribution < -0.4 is 11.1 Å². The molecule has 0 atom stereocenters. The lowest BCUT2D eigenvalue weighted by Gasteiger charge is -2.10. The second-order valence-corrected chi connectivity index (χ2v) is 5.72. The van der Waals surface area contributed by atoms with Crippen molar-refractivity contribution in [3.05, 3.63) is 44.3 Å². The highest BCUT2D eigenvalue weighted by atomic mass is 79.9. The van der Waals surface area contributed by atoms with E-state index in [4.69, 9.17) is 10.8 Å². The van der Waals surface area contributed by atoms with E-state index in [2.05, 4.69) is 21.2 Å². The van der Waals surface area contributed by atoms with E-state index in [1.807, 2.05) is 11.4 Å². The van der Waals surface area contributed by atoms with Crippen LogP contribution in [0.3, 0.4) is 0 Å². The van der Waals surface area contributed by atoms with Gasteiger partial charge in [-0.3, -0.25) is 0 Å². The SMILES string of the molecule is Nc1cc(C(=O)O)c(F)cc1NCc1cc(Br)cs1. The van der Waals surface area contributed by atoms with Gasteiger partial charge in [0.2, 0.25) is 0 Å². The molecule has 0 spiro atoms. The first-order valence-corrected chi connectivity index (χ1v) is 6.93. The summed E-state index contributed by atoms with van der Waals surface area (Å²) in [6.45, 7) is 0.492. The van der Waals surface area contributed by atoms with Crippen LogP contribution in [0.4, 0.5) is 15.8 Å². The lowest BCUT2D eigenvalue weighted by Crippen LogP contribution is -2.06. The molecule has 0 amide bonds. The number of anilines is 2. The Balaban J connectivity index is 2.17. The maximum Gasteiger partial charge on any atom is 0.338 e. The molecule has 0 aliphatic rings. The first-order valence-electron chi connectivity index (χ1n) is 5.26. The molecule has 0 aliphatic heterocycles. The van der Waals surface area contributed by atoms with Crippen molar-refractivity contribution in [1.82, 2.24) is 0 Å². The molecule has 0 unspecified atom stereocenters. The third kappa shape index (κ3) is 3.24. The predicted molar refractivity (Wildman–Crippen MR) is 77.1 cm³/mol. The van der Waals surface area contributed by atoms with Gasteiger partial charge in [-0.05, 0) is 34.1 Å². The number of nitrogen functional groups attached to an aromatic ring is 1. The van der Waals surface area contributed by atoms with Crippen molar-refractivity contribution >= 4 is 44.6 Å². The molecule has 7 heteroatoms. The summed E-state index contributed by atoms with van der Waals surface area (Å²) < 4.78 is 14.5. The normalized spacial score (nSPS) is 10.4. The zero-order chi connectivity index (χ0) is 14.0. The number of rotatable bonds is 4. The Labute approximate surface area is 121 Å². The summed E-state index contributed by atoms with van der Waals surface area (Å²) >= 11 is 4.89. The zero-order valence-electron chi connectivity index (χ0n) is 9.61. The fourth-order valence-corrected chi connectivity index (χ4v) is 2.93. The molecule has 0 saturated heterocycles. The first-order chi connectivity index (χ1) is 8.97. The van der Waals surface area contributed by atoms with E-state index in [0.29, 0.717) is 12.2 Å². The van der Waals surface area contributed by atoms with E-state index in [1.165, 1.54) is 0 Å². The van der Waals surface area contributed by atoms with Crippen molar-refractivity contribution in [2.45, 2.75) is 6.54 Å². The van der Waals surface area contributed by atoms with Crippen LogP contribution in [0, 0.1) is 5.82 Å². The number of benzene rings is 1. The number of hydrogen-bond donors (Lipinski definition) is 3. The van der Waals surface area contributed by atoms with Crippen molar-refractivity contribution in [2.75, 3.05) is 11.1 Å². The monoisotopic (exact) mass is 344 g/mol. The number of thiophene rings is 1. The number of nitrogens with one attached hydrogen (secondary N) is 1. The van der Waals surface area contributed by atoms with Gasteiger partial charge in [0.05, 0.1) is 16.9 Å². The summed E-state index contributed by atoms with van der Waals surface area (Å²) in [6.07, 6.45) is 0. The van der Waals surface area contributed by atoms with Gasteiger partial charge in [-0.25, -0.2) is 9.18 Å². The summed E-state index contributed by atoms with van der Waals surface area (Å²) in [6, 6.07) is 4.15. The molecule has 0 radical (unpaired) electrons. The number of halogens is 2. The summed E-state index contributed by atoms with van der Waals surface area (Å²) in [4.78, 5) is 11.8. The molecule has 0 aliphatic carbocycles. The van der Waals surface area contributed by atoms with Crippen LogP contribution in [0.15, 0.2) is 28.1 Å². The van der Waals surface area contributed by atoms with E-state index in [1.54, 1.807) is 11.3 Å². The first kappa shape index (κ1) is 13.8. The van der Waals surface area contributed by atoms with Crippen molar-refractivity contribution in [1.29, 1.82) is 0 Å². The molecule has 0 fully saturated rings. The fraction of sp³-hybridized carbons (Fsp3) is 0.0833. The topological polar surface area (TPSA) is 75.4 Å². The van der Waals surface area contributed by atoms with Gasteiger partial charge in [0, 0.05) is 21.3 Å². The molecule has 4 nitrogen and oxygen atoms in total. The van der Waals surface area contributed by atoms with Crippen LogP contribution in [0.5, 0.6) is 0 Å². The molecule has 2 rings (SSSR count). The van der Waals surface area contributed by atoms with E-state index < -0.39 is 17.3 Å². The number of carboxylic acid groups (broad SMARTS) is 1. The van der Waals surface area contributed by atoms with Crippen molar-refractivity contribution < 1.29 is 14.3 Å². The van der Waals surface area contributed by atoms with Gasteiger partial charge in [-0.15, -0.1) is 11.3 Å². The number of aromatic carboxylic acids is 1. The Kier molecular flexibility index (Phi) is 4.06. The summed E-state index contributed by atoms with van der Waals surface area (Å²) in [5.74, 6) is -2.14. The fourth-order valence-electron chi connectivity index (χ4n) is 1.54. The van der Waals surface area contributed by atoms with E-state index in [9.17, 15) is 9.18 Å². The highest BCUT2D eigenvalue weighted by Crippen LogP contribution is 2.25. The summed E-state index contributed by atoms with van der Waals surface area (Å²) in [5, 5.41) is 13.7. The van der Waals surface area contributed by atoms with Gasteiger partial charge >= 0.3 is 5.97 Å². The molecule has 19 heavy (non-hydrogen) atoms. The minimum absolute atomic E-state index is 0.203. The van der Waals surface area contributed by atoms with Crippen molar-refractivity contribution in [3.63, 3.8) is 0 Å². The largest absolute Gasteiger partial charge is 0.478 e. The number of hydrogen-bond acceptors (Lipinski definition) is 4. The maximum atomic E-state index is 13.5. The predicted octanol–water partition coefficient (Wildman–Crippen LogP) is 3.54. The Hall–Kier alpha value is -1.60. The van der Waals surface area contributed by atoms with Gasteiger partial charge in [-0.1, -0.05) is 0 Å². The van der Waals surface area contributed by atoms with Gasteiger partial charge in [-0.2, -0.15) is 0 Å². The van der Waals surface area contributed by atoms with Gasteiger partial charge < -0.3 is 16.2 Å². The van der Waals surface area contributed by atoms with Gasteiger partial charge in [0.1, 0.15) is 5.82 Å². The van der Waals surface area contributed by atoms with Crippen LogP contribution in [-0.4, -0.2) is 11.1 Å². The van der Waals surface area contributed by atoms with E-state index in [0.717, 1.165) is 21.5 Å². The minimum atomic E-state index is -1.34. The quantitative estimate of drug-likeness (QED) is 0.741. The second-order valence-electron chi connectivity index (χ2n) is 3.81. The number of carboxylic acids is 1. The average molecular weight is 345 g/mol. The average Bonchev–Trinajstić information content (AvgIpc) is 2.75. The van der Waals surface area contributed by atoms with E-state index >= 15 is 0 Å². The number of nitrogens with two attached hydrogens (primary N) is 1. The Morgan fingerprint density at radius 2 is 2.21 bits per heavy atom. The molecule has 0 bridgehead atoms. The smallest absolute Gasteiger partial charge is 0.338 e. The van der Waals surface area contributed by atoms with Crippen molar-refractivity contribution in [2.24, 2.45) is 0 Å². The zero-order valence-corrected chi connectivity index (χ0v) is 12.0. The Morgan fingerprint density at radius 1 is 1.47 bits per heavy atom. The molecule has 0 saturated carbocycles. The molecule has 1 aromatic heterocycles. The second kappa shape index (κ2) is 5.58. The Bertz CT molecular complexity index is 630. The molecule has 1 aromatic carbocycles. The molecule has 4 N–H and O–H groups in total. The molecule has 100 valence electrons. The van der Waals surface area contributed by atoms with Crippen LogP contribution >= 0.6 is 27.3 Å². The lowest BCUT2D eigenvalue weighted by molar-refractivity contribution is 0.0692. The van der Waals surface area contributed by atoms with Crippen LogP contribution in [-0.2, 0) is 6.54 Å². The van der Waals surface area contributed by atoms with E-state index in [-0.39, 0.29) is 5.69 Å². The molecule has 1 heterocycles. The maximum absolute atomic E-state index is 13.5. The third-order valence-electron chi connectivity index (χ3n) is 2.44. The molecular weight excluding hydrogens is 335 g/mol. The minimum Gasteiger partial charge on any atom is -0.478 e. The number of carbonyl (C=O) groups is 1. The highest BCUT2D eigenvalue weighted by Gasteiger charge is 2.13. The highest BCUT2D eigenvalue weighted by molar-refractivity contribution is 9.10. The van der Waals surface area contributed by atoms with Crippen molar-refractivity contribution in [3.8, 4) is 0 Å². The van der Waals surface area contributed by atoms with Crippen LogP contribution in [0.1, 0.15) is 15.2 Å². The third-order valence-corrected chi connectivity index (χ3v) is 4.14. The van der Waals surface area contributed by atoms with Gasteiger partial charge in [0.25, 0.3) is 0 Å².